The fourth-order valence-corrected chi connectivity index (χ4v) is 2.06. The SMILES string of the molecule is O=C(O)c1cn(Cc2cc3ccc(Cl)cc3[nH]2)nn1. The van der Waals surface area contributed by atoms with Gasteiger partial charge < -0.3 is 10.1 Å². The predicted molar refractivity (Wildman–Crippen MR) is 69.4 cm³/mol. The zero-order valence-corrected chi connectivity index (χ0v) is 10.4. The van der Waals surface area contributed by atoms with Crippen molar-refractivity contribution in [2.45, 2.75) is 6.54 Å². The van der Waals surface area contributed by atoms with Gasteiger partial charge in [0.15, 0.2) is 5.69 Å². The second kappa shape index (κ2) is 4.40. The van der Waals surface area contributed by atoms with Gasteiger partial charge in [-0.15, -0.1) is 5.10 Å². The average Bonchev–Trinajstić information content (AvgIpc) is 2.95. The van der Waals surface area contributed by atoms with Gasteiger partial charge in [0.2, 0.25) is 0 Å². The predicted octanol–water partition coefficient (Wildman–Crippen LogP) is 2.16. The number of aromatic nitrogens is 4. The molecule has 0 atom stereocenters. The summed E-state index contributed by atoms with van der Waals surface area (Å²) >= 11 is 5.91. The van der Waals surface area contributed by atoms with E-state index in [1.54, 1.807) is 0 Å². The van der Waals surface area contributed by atoms with E-state index in [1.165, 1.54) is 10.9 Å². The zero-order valence-electron chi connectivity index (χ0n) is 9.67. The highest BCUT2D eigenvalue weighted by molar-refractivity contribution is 6.31. The normalized spacial score (nSPS) is 11.0. The molecule has 0 aliphatic heterocycles. The minimum Gasteiger partial charge on any atom is -0.476 e. The van der Waals surface area contributed by atoms with Gasteiger partial charge in [-0.05, 0) is 23.6 Å². The third-order valence-electron chi connectivity index (χ3n) is 2.73. The quantitative estimate of drug-likeness (QED) is 0.768. The minimum atomic E-state index is -1.09. The van der Waals surface area contributed by atoms with E-state index in [4.69, 9.17) is 16.7 Å². The number of hydrogen-bond donors (Lipinski definition) is 2. The second-order valence-corrected chi connectivity index (χ2v) is 4.57. The Morgan fingerprint density at radius 2 is 2.26 bits per heavy atom. The molecule has 0 aliphatic carbocycles. The first-order valence-electron chi connectivity index (χ1n) is 5.52. The van der Waals surface area contributed by atoms with Crippen molar-refractivity contribution in [3.05, 3.63) is 46.9 Å². The molecule has 0 saturated heterocycles. The number of fused-ring (bicyclic) bond motifs is 1. The molecule has 0 unspecified atom stereocenters. The van der Waals surface area contributed by atoms with Crippen LogP contribution in [0.15, 0.2) is 30.5 Å². The first-order valence-corrected chi connectivity index (χ1v) is 5.90. The van der Waals surface area contributed by atoms with E-state index in [1.807, 2.05) is 24.3 Å². The third kappa shape index (κ3) is 2.30. The smallest absolute Gasteiger partial charge is 0.358 e. The zero-order chi connectivity index (χ0) is 13.4. The Bertz CT molecular complexity index is 762. The van der Waals surface area contributed by atoms with E-state index in [0.29, 0.717) is 11.6 Å². The molecule has 0 bridgehead atoms. The van der Waals surface area contributed by atoms with Gasteiger partial charge in [0.05, 0.1) is 12.7 Å². The highest BCUT2D eigenvalue weighted by atomic mass is 35.5. The lowest BCUT2D eigenvalue weighted by Gasteiger charge is -1.95. The molecule has 6 nitrogen and oxygen atoms in total. The van der Waals surface area contributed by atoms with Gasteiger partial charge in [-0.3, -0.25) is 0 Å². The van der Waals surface area contributed by atoms with Crippen LogP contribution in [0.3, 0.4) is 0 Å². The van der Waals surface area contributed by atoms with Gasteiger partial charge in [-0.1, -0.05) is 22.9 Å². The van der Waals surface area contributed by atoms with E-state index >= 15 is 0 Å². The molecule has 3 aromatic rings. The largest absolute Gasteiger partial charge is 0.476 e. The molecule has 2 N–H and O–H groups in total. The fourth-order valence-electron chi connectivity index (χ4n) is 1.89. The molecule has 2 aromatic heterocycles. The maximum absolute atomic E-state index is 10.7. The lowest BCUT2D eigenvalue weighted by Crippen LogP contribution is -2.00. The summed E-state index contributed by atoms with van der Waals surface area (Å²) in [6.45, 7) is 0.423. The minimum absolute atomic E-state index is 0.0702. The van der Waals surface area contributed by atoms with E-state index in [9.17, 15) is 4.79 Å². The van der Waals surface area contributed by atoms with Gasteiger partial charge in [-0.2, -0.15) is 0 Å². The topological polar surface area (TPSA) is 83.8 Å². The van der Waals surface area contributed by atoms with Crippen LogP contribution in [0.25, 0.3) is 10.9 Å². The first-order chi connectivity index (χ1) is 9.11. The van der Waals surface area contributed by atoms with E-state index in [2.05, 4.69) is 15.3 Å². The number of nitrogens with zero attached hydrogens (tertiary/aromatic N) is 3. The number of nitrogens with one attached hydrogen (secondary N) is 1. The van der Waals surface area contributed by atoms with Crippen LogP contribution in [-0.4, -0.2) is 31.1 Å². The van der Waals surface area contributed by atoms with Crippen molar-refractivity contribution in [1.82, 2.24) is 20.0 Å². The third-order valence-corrected chi connectivity index (χ3v) is 2.97. The van der Waals surface area contributed by atoms with Gasteiger partial charge in [0.1, 0.15) is 0 Å². The Balaban J connectivity index is 1.89. The Kier molecular flexibility index (Phi) is 2.72. The molecular formula is C12H9ClN4O2. The number of carboxylic acid groups (broad SMARTS) is 1. The van der Waals surface area contributed by atoms with Crippen LogP contribution in [0.1, 0.15) is 16.2 Å². The van der Waals surface area contributed by atoms with E-state index in [-0.39, 0.29) is 5.69 Å². The molecule has 0 fully saturated rings. The van der Waals surface area contributed by atoms with Crippen LogP contribution in [0.5, 0.6) is 0 Å². The molecule has 7 heteroatoms. The monoisotopic (exact) mass is 276 g/mol. The summed E-state index contributed by atoms with van der Waals surface area (Å²) < 4.78 is 1.47. The summed E-state index contributed by atoms with van der Waals surface area (Å²) in [4.78, 5) is 13.9. The molecule has 3 rings (SSSR count). The number of benzene rings is 1. The Hall–Kier alpha value is -2.34. The first kappa shape index (κ1) is 11.7. The van der Waals surface area contributed by atoms with Crippen molar-refractivity contribution in [3.63, 3.8) is 0 Å². The van der Waals surface area contributed by atoms with Crippen molar-refractivity contribution < 1.29 is 9.90 Å². The summed E-state index contributed by atoms with van der Waals surface area (Å²) in [6, 6.07) is 7.54. The molecule has 1 aromatic carbocycles. The van der Waals surface area contributed by atoms with Crippen molar-refractivity contribution in [2.75, 3.05) is 0 Å². The Morgan fingerprint density at radius 1 is 1.42 bits per heavy atom. The van der Waals surface area contributed by atoms with Crippen molar-refractivity contribution >= 4 is 28.5 Å². The lowest BCUT2D eigenvalue weighted by molar-refractivity contribution is 0.0690. The standard InChI is InChI=1S/C12H9ClN4O2/c13-8-2-1-7-3-9(14-10(7)4-8)5-17-6-11(12(18)19)15-16-17/h1-4,6,14H,5H2,(H,18,19). The van der Waals surface area contributed by atoms with Crippen molar-refractivity contribution in [1.29, 1.82) is 0 Å². The molecule has 0 spiro atoms. The van der Waals surface area contributed by atoms with Crippen LogP contribution >= 0.6 is 11.6 Å². The second-order valence-electron chi connectivity index (χ2n) is 4.13. The van der Waals surface area contributed by atoms with Crippen LogP contribution in [0, 0.1) is 0 Å². The molecular weight excluding hydrogens is 268 g/mol. The van der Waals surface area contributed by atoms with Gasteiger partial charge >= 0.3 is 5.97 Å². The van der Waals surface area contributed by atoms with E-state index < -0.39 is 5.97 Å². The number of aromatic amines is 1. The summed E-state index contributed by atoms with van der Waals surface area (Å²) in [5, 5.41) is 17.8. The number of aromatic carboxylic acids is 1. The number of H-pyrrole nitrogens is 1. The summed E-state index contributed by atoms with van der Waals surface area (Å²) in [6.07, 6.45) is 1.39. The van der Waals surface area contributed by atoms with Crippen molar-refractivity contribution in [2.24, 2.45) is 0 Å². The number of carbonyl (C=O) groups is 1. The number of carboxylic acids is 1. The number of hydrogen-bond acceptors (Lipinski definition) is 3. The molecule has 0 amide bonds. The lowest BCUT2D eigenvalue weighted by atomic mass is 10.2. The molecule has 0 aliphatic rings. The van der Waals surface area contributed by atoms with Crippen LogP contribution in [0.2, 0.25) is 5.02 Å². The summed E-state index contributed by atoms with van der Waals surface area (Å²) in [5.41, 5.74) is 1.76. The number of halogens is 1. The van der Waals surface area contributed by atoms with Gasteiger partial charge in [0, 0.05) is 16.2 Å². The molecule has 2 heterocycles. The van der Waals surface area contributed by atoms with Crippen LogP contribution in [-0.2, 0) is 6.54 Å². The highest BCUT2D eigenvalue weighted by Crippen LogP contribution is 2.20. The van der Waals surface area contributed by atoms with Crippen LogP contribution in [0.4, 0.5) is 0 Å². The van der Waals surface area contributed by atoms with Crippen LogP contribution < -0.4 is 0 Å². The highest BCUT2D eigenvalue weighted by Gasteiger charge is 2.09. The summed E-state index contributed by atoms with van der Waals surface area (Å²) in [5.74, 6) is -1.09. The molecule has 96 valence electrons. The van der Waals surface area contributed by atoms with Gasteiger partial charge in [-0.25, -0.2) is 9.48 Å². The number of rotatable bonds is 3. The maximum atomic E-state index is 10.7. The van der Waals surface area contributed by atoms with E-state index in [0.717, 1.165) is 16.6 Å². The molecule has 0 saturated carbocycles. The maximum Gasteiger partial charge on any atom is 0.358 e. The molecule has 0 radical (unpaired) electrons. The summed E-state index contributed by atoms with van der Waals surface area (Å²) in [7, 11) is 0. The van der Waals surface area contributed by atoms with Crippen molar-refractivity contribution in [3.8, 4) is 0 Å². The fraction of sp³-hybridized carbons (Fsp3) is 0.0833. The molecule has 19 heavy (non-hydrogen) atoms. The Morgan fingerprint density at radius 3 is 3.00 bits per heavy atom. The average molecular weight is 277 g/mol. The Labute approximate surface area is 112 Å². The van der Waals surface area contributed by atoms with Gasteiger partial charge in [0.25, 0.3) is 0 Å².